The smallest absolute Gasteiger partial charge is 0.347 e. The summed E-state index contributed by atoms with van der Waals surface area (Å²) in [5.74, 6) is -1.47. The van der Waals surface area contributed by atoms with Gasteiger partial charge in [0, 0.05) is 37.3 Å². The summed E-state index contributed by atoms with van der Waals surface area (Å²) in [5, 5.41) is 28.7. The fraction of sp³-hybridized carbons (Fsp3) is 0.619. The summed E-state index contributed by atoms with van der Waals surface area (Å²) in [6.45, 7) is 3.64. The Balaban J connectivity index is 1.46. The number of anilines is 1. The Kier molecular flexibility index (Phi) is 8.93. The summed E-state index contributed by atoms with van der Waals surface area (Å²) >= 11 is 0. The number of benzene rings is 1. The van der Waals surface area contributed by atoms with Gasteiger partial charge in [0.05, 0.1) is 45.2 Å². The standard InChI is InChI=1S/C21H31N4O7/c22-6-9-30-11-13-32-14-12-31-10-7-23-18-4-1-3-16-17(18)15-25(29,21(16)27)19-5-2-8-24(28)20(19)26/h1,3-4,19,23H,2,5-15,22H2/q-1. The number of hydroxylamine groups is 5. The molecule has 1 saturated heterocycles. The van der Waals surface area contributed by atoms with E-state index in [0.29, 0.717) is 81.0 Å². The Bertz CT molecular complexity index is 793. The van der Waals surface area contributed by atoms with E-state index in [-0.39, 0.29) is 19.5 Å². The zero-order valence-electron chi connectivity index (χ0n) is 18.1. The lowest BCUT2D eigenvalue weighted by Gasteiger charge is -2.47. The van der Waals surface area contributed by atoms with Crippen LogP contribution in [0.1, 0.15) is 28.8 Å². The first kappa shape index (κ1) is 24.5. The molecule has 3 rings (SSSR count). The fourth-order valence-electron chi connectivity index (χ4n) is 3.98. The molecular weight excluding hydrogens is 420 g/mol. The minimum Gasteiger partial charge on any atom is -0.756 e. The van der Waals surface area contributed by atoms with Crippen LogP contribution in [0.2, 0.25) is 0 Å². The molecule has 178 valence electrons. The molecule has 11 nitrogen and oxygen atoms in total. The number of fused-ring (bicyclic) bond motifs is 1. The van der Waals surface area contributed by atoms with Crippen LogP contribution >= 0.6 is 0 Å². The lowest BCUT2D eigenvalue weighted by Crippen LogP contribution is -2.59. The normalized spacial score (nSPS) is 23.0. The van der Waals surface area contributed by atoms with Crippen LogP contribution in [0.25, 0.3) is 0 Å². The maximum atomic E-state index is 13.4. The topological polar surface area (TPSA) is 149 Å². The van der Waals surface area contributed by atoms with Crippen LogP contribution in [0.5, 0.6) is 0 Å². The second-order valence-corrected chi connectivity index (χ2v) is 7.74. The van der Waals surface area contributed by atoms with Crippen molar-refractivity contribution in [2.45, 2.75) is 25.4 Å². The predicted molar refractivity (Wildman–Crippen MR) is 116 cm³/mol. The molecule has 0 spiro atoms. The molecule has 0 aromatic heterocycles. The molecule has 2 aliphatic rings. The van der Waals surface area contributed by atoms with Gasteiger partial charge < -0.3 is 40.7 Å². The highest BCUT2D eigenvalue weighted by atomic mass is 16.6. The lowest BCUT2D eigenvalue weighted by molar-refractivity contribution is -0.826. The van der Waals surface area contributed by atoms with E-state index < -0.39 is 22.5 Å². The number of carbonyl (C=O) groups excluding carboxylic acids is 2. The van der Waals surface area contributed by atoms with E-state index in [9.17, 15) is 20.0 Å². The van der Waals surface area contributed by atoms with E-state index in [1.165, 1.54) is 0 Å². The molecular formula is C21H31N4O7-. The predicted octanol–water partition coefficient (Wildman–Crippen LogP) is 0.564. The number of quaternary nitrogens is 1. The van der Waals surface area contributed by atoms with Gasteiger partial charge in [0.2, 0.25) is 0 Å². The number of hydrogen-bond donors (Lipinski definition) is 2. The molecule has 0 bridgehead atoms. The molecule has 0 radical (unpaired) electrons. The van der Waals surface area contributed by atoms with Gasteiger partial charge in [-0.1, -0.05) is 6.07 Å². The molecule has 2 aliphatic heterocycles. The Morgan fingerprint density at radius 1 is 1.09 bits per heavy atom. The molecule has 2 heterocycles. The van der Waals surface area contributed by atoms with E-state index in [1.54, 1.807) is 18.2 Å². The molecule has 3 N–H and O–H groups in total. The van der Waals surface area contributed by atoms with Crippen molar-refractivity contribution in [1.82, 2.24) is 5.06 Å². The minimum atomic E-state index is -1.32. The van der Waals surface area contributed by atoms with Crippen molar-refractivity contribution in [2.75, 3.05) is 64.6 Å². The first-order valence-electron chi connectivity index (χ1n) is 10.9. The minimum absolute atomic E-state index is 0.0659. The highest BCUT2D eigenvalue weighted by Gasteiger charge is 2.49. The molecule has 11 heteroatoms. The van der Waals surface area contributed by atoms with E-state index in [2.05, 4.69) is 5.32 Å². The fourth-order valence-corrected chi connectivity index (χ4v) is 3.98. The van der Waals surface area contributed by atoms with Gasteiger partial charge in [-0.05, 0) is 18.6 Å². The zero-order valence-corrected chi connectivity index (χ0v) is 18.1. The molecule has 0 aliphatic carbocycles. The van der Waals surface area contributed by atoms with Crippen molar-refractivity contribution in [3.05, 3.63) is 39.7 Å². The summed E-state index contributed by atoms with van der Waals surface area (Å²) < 4.78 is 14.8. The van der Waals surface area contributed by atoms with Crippen LogP contribution in [0.3, 0.4) is 0 Å². The number of nitrogens with zero attached hydrogens (tertiary/aromatic N) is 2. The summed E-state index contributed by atoms with van der Waals surface area (Å²) in [5.41, 5.74) is 6.85. The number of amides is 2. The molecule has 32 heavy (non-hydrogen) atoms. The largest absolute Gasteiger partial charge is 0.756 e. The number of rotatable bonds is 13. The first-order valence-corrected chi connectivity index (χ1v) is 10.9. The highest BCUT2D eigenvalue weighted by Crippen LogP contribution is 2.38. The van der Waals surface area contributed by atoms with Crippen LogP contribution in [0.15, 0.2) is 18.2 Å². The second kappa shape index (κ2) is 11.7. The Morgan fingerprint density at radius 2 is 1.78 bits per heavy atom. The van der Waals surface area contributed by atoms with Gasteiger partial charge in [0.25, 0.3) is 5.91 Å². The molecule has 2 amide bonds. The number of nitrogens with two attached hydrogens (primary N) is 1. The average molecular weight is 452 g/mol. The Labute approximate surface area is 187 Å². The van der Waals surface area contributed by atoms with E-state index in [0.717, 1.165) is 0 Å². The Hall–Kier alpha value is -2.12. The summed E-state index contributed by atoms with van der Waals surface area (Å²) in [4.78, 5) is 25.2. The molecule has 1 aromatic rings. The van der Waals surface area contributed by atoms with Crippen molar-refractivity contribution < 1.29 is 28.4 Å². The molecule has 2 unspecified atom stereocenters. The summed E-state index contributed by atoms with van der Waals surface area (Å²) in [6, 6.07) is 3.89. The second-order valence-electron chi connectivity index (χ2n) is 7.74. The quantitative estimate of drug-likeness (QED) is 0.249. The van der Waals surface area contributed by atoms with Crippen molar-refractivity contribution in [3.8, 4) is 0 Å². The number of piperidine rings is 1. The summed E-state index contributed by atoms with van der Waals surface area (Å²) in [6.07, 6.45) is 0.650. The zero-order chi connectivity index (χ0) is 23.0. The van der Waals surface area contributed by atoms with Gasteiger partial charge in [0.15, 0.2) is 6.04 Å². The van der Waals surface area contributed by atoms with Crippen molar-refractivity contribution in [2.24, 2.45) is 5.73 Å². The van der Waals surface area contributed by atoms with Gasteiger partial charge >= 0.3 is 5.91 Å². The van der Waals surface area contributed by atoms with Gasteiger partial charge in [-0.15, -0.1) is 0 Å². The SMILES string of the molecule is NCCOCCOCCOCCNc1cccc2c1C[N+]([O-])(C1CCCN([O-])C1=O)C2=O. The van der Waals surface area contributed by atoms with Crippen LogP contribution in [0, 0.1) is 10.4 Å². The van der Waals surface area contributed by atoms with Crippen LogP contribution in [-0.2, 0) is 25.5 Å². The van der Waals surface area contributed by atoms with Gasteiger partial charge in [-0.2, -0.15) is 0 Å². The van der Waals surface area contributed by atoms with Crippen LogP contribution in [0.4, 0.5) is 5.69 Å². The maximum absolute atomic E-state index is 13.4. The number of hydrogen-bond acceptors (Lipinski definition) is 9. The molecule has 1 fully saturated rings. The molecule has 0 saturated carbocycles. The van der Waals surface area contributed by atoms with Gasteiger partial charge in [0.1, 0.15) is 6.54 Å². The summed E-state index contributed by atoms with van der Waals surface area (Å²) in [7, 11) is 0. The van der Waals surface area contributed by atoms with E-state index in [4.69, 9.17) is 19.9 Å². The van der Waals surface area contributed by atoms with Crippen molar-refractivity contribution in [3.63, 3.8) is 0 Å². The third kappa shape index (κ3) is 5.62. The third-order valence-electron chi connectivity index (χ3n) is 5.58. The van der Waals surface area contributed by atoms with E-state index >= 15 is 0 Å². The van der Waals surface area contributed by atoms with Crippen LogP contribution < -0.4 is 11.1 Å². The maximum Gasteiger partial charge on any atom is 0.347 e. The Morgan fingerprint density at radius 3 is 2.50 bits per heavy atom. The number of nitrogens with one attached hydrogen (secondary N) is 1. The average Bonchev–Trinajstić information content (AvgIpc) is 3.05. The van der Waals surface area contributed by atoms with Gasteiger partial charge in [-0.25, -0.2) is 4.79 Å². The van der Waals surface area contributed by atoms with E-state index in [1.807, 2.05) is 0 Å². The third-order valence-corrected chi connectivity index (χ3v) is 5.58. The van der Waals surface area contributed by atoms with Gasteiger partial charge in [-0.3, -0.25) is 9.44 Å². The molecule has 2 atom stereocenters. The highest BCUT2D eigenvalue weighted by molar-refractivity contribution is 5.97. The van der Waals surface area contributed by atoms with Crippen molar-refractivity contribution >= 4 is 17.5 Å². The first-order chi connectivity index (χ1) is 15.5. The number of carbonyl (C=O) groups is 2. The van der Waals surface area contributed by atoms with Crippen molar-refractivity contribution in [1.29, 1.82) is 0 Å². The van der Waals surface area contributed by atoms with Crippen LogP contribution in [-0.4, -0.2) is 86.8 Å². The number of ether oxygens (including phenoxy) is 3. The monoisotopic (exact) mass is 451 g/mol. The molecule has 1 aromatic carbocycles. The lowest BCUT2D eigenvalue weighted by atomic mass is 10.0.